The van der Waals surface area contributed by atoms with Gasteiger partial charge in [0, 0.05) is 0 Å². The van der Waals surface area contributed by atoms with E-state index in [1.807, 2.05) is 13.8 Å². The lowest BCUT2D eigenvalue weighted by Gasteiger charge is -2.28. The van der Waals surface area contributed by atoms with Crippen LogP contribution in [0.2, 0.25) is 0 Å². The molecule has 1 aliphatic heterocycles. The van der Waals surface area contributed by atoms with E-state index >= 15 is 0 Å². The van der Waals surface area contributed by atoms with Gasteiger partial charge in [0.2, 0.25) is 5.91 Å². The summed E-state index contributed by atoms with van der Waals surface area (Å²) in [5, 5.41) is 0.375. The molecule has 0 saturated carbocycles. The molecule has 4 heteroatoms. The molecule has 0 atom stereocenters. The number of hydrogen-bond donors (Lipinski definition) is 0. The lowest BCUT2D eigenvalue weighted by Crippen LogP contribution is -2.44. The van der Waals surface area contributed by atoms with Gasteiger partial charge in [-0.1, -0.05) is 15.9 Å². The zero-order valence-electron chi connectivity index (χ0n) is 6.76. The zero-order valence-corrected chi connectivity index (χ0v) is 8.35. The van der Waals surface area contributed by atoms with Crippen molar-refractivity contribution in [2.45, 2.75) is 19.4 Å². The van der Waals surface area contributed by atoms with E-state index in [1.54, 1.807) is 4.90 Å². The van der Waals surface area contributed by atoms with Gasteiger partial charge < -0.3 is 9.64 Å². The molecule has 0 aromatic carbocycles. The number of rotatable bonds is 1. The number of carbonyl (C=O) groups is 1. The predicted molar refractivity (Wildman–Crippen MR) is 45.5 cm³/mol. The van der Waals surface area contributed by atoms with Crippen LogP contribution in [-0.2, 0) is 9.53 Å². The number of amides is 1. The summed E-state index contributed by atoms with van der Waals surface area (Å²) in [6, 6.07) is 0. The van der Waals surface area contributed by atoms with E-state index in [0.29, 0.717) is 18.7 Å². The van der Waals surface area contributed by atoms with Crippen molar-refractivity contribution in [1.29, 1.82) is 0 Å². The molecule has 1 aliphatic rings. The summed E-state index contributed by atoms with van der Waals surface area (Å²) < 4.78 is 5.18. The number of nitrogens with zero attached hydrogens (tertiary/aromatic N) is 1. The third-order valence-corrected chi connectivity index (χ3v) is 2.30. The van der Waals surface area contributed by atoms with Gasteiger partial charge in [0.05, 0.1) is 17.5 Å². The Morgan fingerprint density at radius 2 is 2.36 bits per heavy atom. The van der Waals surface area contributed by atoms with E-state index in [-0.39, 0.29) is 11.4 Å². The van der Waals surface area contributed by atoms with Crippen molar-refractivity contribution in [2.24, 2.45) is 0 Å². The molecule has 11 heavy (non-hydrogen) atoms. The highest BCUT2D eigenvalue weighted by Gasteiger charge is 2.35. The Balaban J connectivity index is 2.64. The summed E-state index contributed by atoms with van der Waals surface area (Å²) >= 11 is 3.13. The summed E-state index contributed by atoms with van der Waals surface area (Å²) in [7, 11) is 0. The summed E-state index contributed by atoms with van der Waals surface area (Å²) in [4.78, 5) is 13.0. The Morgan fingerprint density at radius 1 is 1.73 bits per heavy atom. The molecular weight excluding hydrogens is 210 g/mol. The second-order valence-corrected chi connectivity index (χ2v) is 3.81. The van der Waals surface area contributed by atoms with Gasteiger partial charge in [-0.25, -0.2) is 0 Å². The molecule has 0 N–H and O–H groups in total. The molecule has 0 bridgehead atoms. The van der Waals surface area contributed by atoms with Crippen molar-refractivity contribution in [3.8, 4) is 0 Å². The summed E-state index contributed by atoms with van der Waals surface area (Å²) in [5.74, 6) is 0.0903. The van der Waals surface area contributed by atoms with Crippen LogP contribution in [0.15, 0.2) is 0 Å². The first kappa shape index (κ1) is 9.00. The van der Waals surface area contributed by atoms with Crippen LogP contribution in [0, 0.1) is 0 Å². The fraction of sp³-hybridized carbons (Fsp3) is 0.857. The highest BCUT2D eigenvalue weighted by atomic mass is 79.9. The van der Waals surface area contributed by atoms with Crippen molar-refractivity contribution in [2.75, 3.05) is 18.7 Å². The van der Waals surface area contributed by atoms with E-state index in [4.69, 9.17) is 4.74 Å². The topological polar surface area (TPSA) is 29.5 Å². The minimum absolute atomic E-state index is 0.0903. The Morgan fingerprint density at radius 3 is 2.73 bits per heavy atom. The van der Waals surface area contributed by atoms with Crippen LogP contribution >= 0.6 is 15.9 Å². The van der Waals surface area contributed by atoms with Crippen LogP contribution in [0.4, 0.5) is 0 Å². The van der Waals surface area contributed by atoms with Crippen molar-refractivity contribution in [3.05, 3.63) is 0 Å². The summed E-state index contributed by atoms with van der Waals surface area (Å²) in [6.07, 6.45) is 0. The summed E-state index contributed by atoms with van der Waals surface area (Å²) in [5.41, 5.74) is -0.134. The van der Waals surface area contributed by atoms with Crippen LogP contribution < -0.4 is 0 Å². The van der Waals surface area contributed by atoms with E-state index in [1.165, 1.54) is 0 Å². The van der Waals surface area contributed by atoms with Crippen molar-refractivity contribution < 1.29 is 9.53 Å². The van der Waals surface area contributed by atoms with E-state index < -0.39 is 0 Å². The number of halogens is 1. The SMILES string of the molecule is CC1(C)COCN1C(=O)CBr. The molecule has 0 aromatic heterocycles. The third-order valence-electron chi connectivity index (χ3n) is 1.82. The van der Waals surface area contributed by atoms with Crippen LogP contribution in [-0.4, -0.2) is 35.0 Å². The molecule has 0 aliphatic carbocycles. The molecule has 1 saturated heterocycles. The standard InChI is InChI=1S/C7H12BrNO2/c1-7(2)4-11-5-9(7)6(10)3-8/h3-5H2,1-2H3. The fourth-order valence-electron chi connectivity index (χ4n) is 1.12. The maximum absolute atomic E-state index is 11.2. The average molecular weight is 222 g/mol. The third kappa shape index (κ3) is 1.73. The van der Waals surface area contributed by atoms with Gasteiger partial charge in [0.15, 0.2) is 0 Å². The van der Waals surface area contributed by atoms with Crippen LogP contribution in [0.5, 0.6) is 0 Å². The average Bonchev–Trinajstić information content (AvgIpc) is 2.28. The van der Waals surface area contributed by atoms with Gasteiger partial charge in [-0.3, -0.25) is 4.79 Å². The molecule has 3 nitrogen and oxygen atoms in total. The van der Waals surface area contributed by atoms with Crippen LogP contribution in [0.3, 0.4) is 0 Å². The first-order valence-electron chi connectivity index (χ1n) is 3.52. The Kier molecular flexibility index (Phi) is 2.54. The molecule has 64 valence electrons. The molecule has 1 rings (SSSR count). The van der Waals surface area contributed by atoms with Crippen LogP contribution in [0.25, 0.3) is 0 Å². The van der Waals surface area contributed by atoms with Gasteiger partial charge >= 0.3 is 0 Å². The van der Waals surface area contributed by atoms with E-state index in [2.05, 4.69) is 15.9 Å². The van der Waals surface area contributed by atoms with Gasteiger partial charge in [-0.05, 0) is 13.8 Å². The van der Waals surface area contributed by atoms with E-state index in [9.17, 15) is 4.79 Å². The Hall–Kier alpha value is -0.0900. The van der Waals surface area contributed by atoms with Crippen LogP contribution in [0.1, 0.15) is 13.8 Å². The normalized spacial score (nSPS) is 22.3. The number of ether oxygens (including phenoxy) is 1. The second kappa shape index (κ2) is 3.11. The number of alkyl halides is 1. The molecule has 1 fully saturated rings. The highest BCUT2D eigenvalue weighted by Crippen LogP contribution is 2.21. The molecule has 0 spiro atoms. The maximum Gasteiger partial charge on any atom is 0.235 e. The zero-order chi connectivity index (χ0) is 8.48. The highest BCUT2D eigenvalue weighted by molar-refractivity contribution is 9.09. The lowest BCUT2D eigenvalue weighted by molar-refractivity contribution is -0.132. The molecule has 0 aromatic rings. The first-order valence-corrected chi connectivity index (χ1v) is 4.64. The monoisotopic (exact) mass is 221 g/mol. The molecule has 0 radical (unpaired) electrons. The first-order chi connectivity index (χ1) is 5.08. The minimum Gasteiger partial charge on any atom is -0.359 e. The fourth-order valence-corrected chi connectivity index (χ4v) is 1.42. The largest absolute Gasteiger partial charge is 0.359 e. The number of carbonyl (C=O) groups excluding carboxylic acids is 1. The van der Waals surface area contributed by atoms with Crippen molar-refractivity contribution in [1.82, 2.24) is 4.90 Å². The number of hydrogen-bond acceptors (Lipinski definition) is 2. The minimum atomic E-state index is -0.134. The summed E-state index contributed by atoms with van der Waals surface area (Å²) in [6.45, 7) is 5.06. The Labute approximate surface area is 74.8 Å². The Bertz CT molecular complexity index is 170. The molecular formula is C7H12BrNO2. The maximum atomic E-state index is 11.2. The van der Waals surface area contributed by atoms with Gasteiger partial charge in [-0.2, -0.15) is 0 Å². The van der Waals surface area contributed by atoms with Gasteiger partial charge in [0.25, 0.3) is 0 Å². The van der Waals surface area contributed by atoms with Gasteiger partial charge in [0.1, 0.15) is 6.73 Å². The quantitative estimate of drug-likeness (QED) is 0.619. The van der Waals surface area contributed by atoms with Crippen molar-refractivity contribution in [3.63, 3.8) is 0 Å². The molecule has 1 heterocycles. The molecule has 0 unspecified atom stereocenters. The molecule has 1 amide bonds. The smallest absolute Gasteiger partial charge is 0.235 e. The van der Waals surface area contributed by atoms with Gasteiger partial charge in [-0.15, -0.1) is 0 Å². The van der Waals surface area contributed by atoms with Crippen molar-refractivity contribution >= 4 is 21.8 Å². The second-order valence-electron chi connectivity index (χ2n) is 3.25. The predicted octanol–water partition coefficient (Wildman–Crippen LogP) is 0.976. The van der Waals surface area contributed by atoms with E-state index in [0.717, 1.165) is 0 Å². The lowest BCUT2D eigenvalue weighted by atomic mass is 10.1.